The van der Waals surface area contributed by atoms with Crippen LogP contribution in [-0.4, -0.2) is 12.5 Å². The zero-order valence-corrected chi connectivity index (χ0v) is 12.3. The van der Waals surface area contributed by atoms with E-state index in [9.17, 15) is 4.79 Å². The van der Waals surface area contributed by atoms with Gasteiger partial charge < -0.3 is 5.32 Å². The number of carbonyl (C=O) groups is 1. The summed E-state index contributed by atoms with van der Waals surface area (Å²) < 4.78 is 1.90. The number of hydrogen-bond acceptors (Lipinski definition) is 2. The first kappa shape index (κ1) is 11.6. The summed E-state index contributed by atoms with van der Waals surface area (Å²) in [5.41, 5.74) is 0.362. The third-order valence-electron chi connectivity index (χ3n) is 2.65. The Morgan fingerprint density at radius 3 is 2.73 bits per heavy atom. The van der Waals surface area contributed by atoms with Crippen LogP contribution < -0.4 is 5.32 Å². The fraction of sp³-hybridized carbons (Fsp3) is 0.500. The molecular weight excluding hydrogens is 342 g/mol. The van der Waals surface area contributed by atoms with E-state index >= 15 is 0 Å². The Kier molecular flexibility index (Phi) is 3.24. The molecule has 1 amide bonds. The summed E-state index contributed by atoms with van der Waals surface area (Å²) in [6.45, 7) is 2.99. The molecule has 1 aromatic rings. The average molecular weight is 353 g/mol. The molecule has 1 aliphatic carbocycles. The second-order valence-corrected chi connectivity index (χ2v) is 7.45. The molecule has 0 bridgehead atoms. The monoisotopic (exact) mass is 351 g/mol. The lowest BCUT2D eigenvalue weighted by Crippen LogP contribution is -2.28. The summed E-state index contributed by atoms with van der Waals surface area (Å²) in [6.07, 6.45) is 2.45. The molecule has 0 spiro atoms. The van der Waals surface area contributed by atoms with Crippen LogP contribution in [0.5, 0.6) is 0 Å². The van der Waals surface area contributed by atoms with Gasteiger partial charge in [-0.1, -0.05) is 6.92 Å². The largest absolute Gasteiger partial charge is 0.351 e. The molecule has 1 saturated carbocycles. The molecule has 15 heavy (non-hydrogen) atoms. The number of nitrogens with one attached hydrogen (secondary N) is 1. The lowest BCUT2D eigenvalue weighted by atomic mass is 10.1. The molecule has 2 rings (SSSR count). The van der Waals surface area contributed by atoms with Crippen LogP contribution in [0.1, 0.15) is 29.4 Å². The van der Waals surface area contributed by atoms with E-state index in [1.165, 1.54) is 24.2 Å². The van der Waals surface area contributed by atoms with Crippen molar-refractivity contribution in [3.8, 4) is 0 Å². The van der Waals surface area contributed by atoms with Crippen LogP contribution in [0.4, 0.5) is 0 Å². The molecule has 0 saturated heterocycles. The van der Waals surface area contributed by atoms with Crippen molar-refractivity contribution in [1.29, 1.82) is 0 Å². The van der Waals surface area contributed by atoms with Crippen molar-refractivity contribution in [2.45, 2.75) is 19.8 Å². The fourth-order valence-corrected chi connectivity index (χ4v) is 3.18. The summed E-state index contributed by atoms with van der Waals surface area (Å²) in [7, 11) is 0. The van der Waals surface area contributed by atoms with Gasteiger partial charge in [0.05, 0.1) is 8.66 Å². The molecule has 1 aliphatic rings. The van der Waals surface area contributed by atoms with Crippen LogP contribution in [0.3, 0.4) is 0 Å². The van der Waals surface area contributed by atoms with Crippen LogP contribution in [0, 0.1) is 5.41 Å². The van der Waals surface area contributed by atoms with E-state index in [0.29, 0.717) is 5.41 Å². The number of hydrogen-bond donors (Lipinski definition) is 1. The summed E-state index contributed by atoms with van der Waals surface area (Å²) in [4.78, 5) is 12.5. The highest BCUT2D eigenvalue weighted by molar-refractivity contribution is 9.13. The number of thiophene rings is 1. The Hall–Kier alpha value is 0.130. The maximum absolute atomic E-state index is 11.7. The third-order valence-corrected chi connectivity index (χ3v) is 5.90. The van der Waals surface area contributed by atoms with E-state index in [-0.39, 0.29) is 5.91 Å². The van der Waals surface area contributed by atoms with Gasteiger partial charge in [-0.2, -0.15) is 0 Å². The minimum Gasteiger partial charge on any atom is -0.351 e. The van der Waals surface area contributed by atoms with Gasteiger partial charge in [0.15, 0.2) is 0 Å². The molecule has 1 fully saturated rings. The standard InChI is InChI=1S/C10H11Br2NOS/c1-10(2-3-10)5-13-9(14)7-4-6(11)8(12)15-7/h4H,2-3,5H2,1H3,(H,13,14). The maximum atomic E-state index is 11.7. The maximum Gasteiger partial charge on any atom is 0.261 e. The van der Waals surface area contributed by atoms with E-state index in [1.54, 1.807) is 0 Å². The predicted octanol–water partition coefficient (Wildman–Crippen LogP) is 3.80. The van der Waals surface area contributed by atoms with Crippen LogP contribution in [0.2, 0.25) is 0 Å². The molecule has 1 heterocycles. The molecule has 2 nitrogen and oxygen atoms in total. The smallest absolute Gasteiger partial charge is 0.261 e. The minimum absolute atomic E-state index is 0.0273. The molecule has 5 heteroatoms. The van der Waals surface area contributed by atoms with Gasteiger partial charge in [0.2, 0.25) is 0 Å². The summed E-state index contributed by atoms with van der Waals surface area (Å²) >= 11 is 8.20. The topological polar surface area (TPSA) is 29.1 Å². The van der Waals surface area contributed by atoms with E-state index in [2.05, 4.69) is 44.1 Å². The molecule has 1 N–H and O–H groups in total. The molecule has 0 radical (unpaired) electrons. The van der Waals surface area contributed by atoms with Gasteiger partial charge >= 0.3 is 0 Å². The third kappa shape index (κ3) is 2.82. The molecular formula is C10H11Br2NOS. The quantitative estimate of drug-likeness (QED) is 0.880. The number of amides is 1. The Morgan fingerprint density at radius 2 is 2.27 bits per heavy atom. The molecule has 0 atom stereocenters. The van der Waals surface area contributed by atoms with Crippen molar-refractivity contribution in [2.24, 2.45) is 5.41 Å². The second kappa shape index (κ2) is 4.18. The van der Waals surface area contributed by atoms with Crippen LogP contribution in [0.25, 0.3) is 0 Å². The van der Waals surface area contributed by atoms with Crippen molar-refractivity contribution < 1.29 is 4.79 Å². The first-order valence-corrected chi connectivity index (χ1v) is 7.13. The lowest BCUT2D eigenvalue weighted by molar-refractivity contribution is 0.0950. The van der Waals surface area contributed by atoms with Crippen LogP contribution in [-0.2, 0) is 0 Å². The zero-order chi connectivity index (χ0) is 11.1. The lowest BCUT2D eigenvalue weighted by Gasteiger charge is -2.08. The molecule has 82 valence electrons. The minimum atomic E-state index is 0.0273. The Balaban J connectivity index is 1.95. The highest BCUT2D eigenvalue weighted by Gasteiger charge is 2.37. The SMILES string of the molecule is CC1(CNC(=O)c2cc(Br)c(Br)s2)CC1. The van der Waals surface area contributed by atoms with Crippen molar-refractivity contribution in [1.82, 2.24) is 5.32 Å². The first-order valence-electron chi connectivity index (χ1n) is 4.73. The average Bonchev–Trinajstić information content (AvgIpc) is 2.83. The van der Waals surface area contributed by atoms with Gasteiger partial charge in [0.1, 0.15) is 0 Å². The molecule has 0 aliphatic heterocycles. The molecule has 0 unspecified atom stereocenters. The highest BCUT2D eigenvalue weighted by Crippen LogP contribution is 2.44. The zero-order valence-electron chi connectivity index (χ0n) is 8.27. The Labute approximate surface area is 110 Å². The van der Waals surface area contributed by atoms with E-state index < -0.39 is 0 Å². The van der Waals surface area contributed by atoms with E-state index in [0.717, 1.165) is 19.7 Å². The number of rotatable bonds is 3. The molecule has 0 aromatic carbocycles. The second-order valence-electron chi connectivity index (χ2n) is 4.23. The van der Waals surface area contributed by atoms with Gasteiger partial charge in [-0.25, -0.2) is 0 Å². The van der Waals surface area contributed by atoms with Crippen LogP contribution in [0.15, 0.2) is 14.3 Å². The van der Waals surface area contributed by atoms with Gasteiger partial charge in [0, 0.05) is 11.0 Å². The molecule has 1 aromatic heterocycles. The fourth-order valence-electron chi connectivity index (χ4n) is 1.23. The predicted molar refractivity (Wildman–Crippen MR) is 69.4 cm³/mol. The van der Waals surface area contributed by atoms with Gasteiger partial charge in [0.25, 0.3) is 5.91 Å². The summed E-state index contributed by atoms with van der Waals surface area (Å²) in [5.74, 6) is 0.0273. The highest BCUT2D eigenvalue weighted by atomic mass is 79.9. The van der Waals surface area contributed by atoms with Crippen molar-refractivity contribution in [3.63, 3.8) is 0 Å². The van der Waals surface area contributed by atoms with Gasteiger partial charge in [-0.15, -0.1) is 11.3 Å². The number of carbonyl (C=O) groups excluding carboxylic acids is 1. The van der Waals surface area contributed by atoms with Crippen molar-refractivity contribution in [2.75, 3.05) is 6.54 Å². The van der Waals surface area contributed by atoms with E-state index in [4.69, 9.17) is 0 Å². The number of halogens is 2. The summed E-state index contributed by atoms with van der Waals surface area (Å²) in [5, 5.41) is 2.97. The van der Waals surface area contributed by atoms with E-state index in [1.807, 2.05) is 6.07 Å². The summed E-state index contributed by atoms with van der Waals surface area (Å²) in [6, 6.07) is 1.85. The Bertz CT molecular complexity index is 379. The van der Waals surface area contributed by atoms with Crippen LogP contribution >= 0.6 is 43.2 Å². The Morgan fingerprint density at radius 1 is 1.60 bits per heavy atom. The van der Waals surface area contributed by atoms with Gasteiger partial charge in [-0.3, -0.25) is 4.79 Å². The normalized spacial score (nSPS) is 17.5. The van der Waals surface area contributed by atoms with Gasteiger partial charge in [-0.05, 0) is 56.2 Å². The van der Waals surface area contributed by atoms with Crippen molar-refractivity contribution >= 4 is 49.1 Å². The van der Waals surface area contributed by atoms with Crippen molar-refractivity contribution in [3.05, 3.63) is 19.2 Å². The first-order chi connectivity index (χ1) is 7.00.